The molecule has 3 aromatic rings. The first-order valence-electron chi connectivity index (χ1n) is 11.0. The summed E-state index contributed by atoms with van der Waals surface area (Å²) in [5.41, 5.74) is 5.90. The lowest BCUT2D eigenvalue weighted by atomic mass is 10.1. The van der Waals surface area contributed by atoms with Crippen LogP contribution in [0.3, 0.4) is 0 Å². The quantitative estimate of drug-likeness (QED) is 0.434. The minimum Gasteiger partial charge on any atom is -0.497 e. The van der Waals surface area contributed by atoms with Gasteiger partial charge in [0.2, 0.25) is 5.91 Å². The van der Waals surface area contributed by atoms with Crippen LogP contribution in [0.5, 0.6) is 11.5 Å². The third-order valence-electron chi connectivity index (χ3n) is 5.64. The van der Waals surface area contributed by atoms with Crippen LogP contribution in [0, 0.1) is 19.7 Å². The molecule has 1 aliphatic heterocycles. The molecule has 0 aliphatic carbocycles. The zero-order valence-electron chi connectivity index (χ0n) is 20.0. The van der Waals surface area contributed by atoms with E-state index in [0.29, 0.717) is 23.6 Å². The van der Waals surface area contributed by atoms with Gasteiger partial charge >= 0.3 is 0 Å². The van der Waals surface area contributed by atoms with Crippen LogP contribution >= 0.6 is 11.8 Å². The molecule has 0 saturated carbocycles. The van der Waals surface area contributed by atoms with Crippen molar-refractivity contribution in [3.05, 3.63) is 77.1 Å². The molecular weight excluding hydrogens is 465 g/mol. The van der Waals surface area contributed by atoms with Crippen LogP contribution in [0.15, 0.2) is 64.6 Å². The van der Waals surface area contributed by atoms with Crippen LogP contribution in [0.4, 0.5) is 21.5 Å². The van der Waals surface area contributed by atoms with Crippen molar-refractivity contribution >= 4 is 45.5 Å². The predicted octanol–water partition coefficient (Wildman–Crippen LogP) is 6.39. The van der Waals surface area contributed by atoms with Crippen LogP contribution in [0.1, 0.15) is 23.1 Å². The summed E-state index contributed by atoms with van der Waals surface area (Å²) in [5.74, 6) is 0.818. The topological polar surface area (TPSA) is 72.3 Å². The van der Waals surface area contributed by atoms with Crippen molar-refractivity contribution in [2.45, 2.75) is 20.3 Å². The molecule has 0 bridgehead atoms. The van der Waals surface area contributed by atoms with Crippen molar-refractivity contribution in [3.8, 4) is 11.5 Å². The Morgan fingerprint density at radius 3 is 2.31 bits per heavy atom. The summed E-state index contributed by atoms with van der Waals surface area (Å²) in [7, 11) is 3.11. The highest BCUT2D eigenvalue weighted by molar-refractivity contribution is 8.14. The van der Waals surface area contributed by atoms with Crippen LogP contribution < -0.4 is 14.8 Å². The van der Waals surface area contributed by atoms with Gasteiger partial charge in [-0.25, -0.2) is 9.38 Å². The number of nitrogens with one attached hydrogen (secondary N) is 1. The van der Waals surface area contributed by atoms with Crippen molar-refractivity contribution in [2.24, 2.45) is 9.98 Å². The van der Waals surface area contributed by atoms with E-state index in [1.165, 1.54) is 31.0 Å². The van der Waals surface area contributed by atoms with Gasteiger partial charge in [0.1, 0.15) is 17.3 Å². The van der Waals surface area contributed by atoms with Crippen molar-refractivity contribution in [3.63, 3.8) is 0 Å². The molecule has 4 rings (SSSR count). The van der Waals surface area contributed by atoms with E-state index in [1.807, 2.05) is 26.0 Å². The smallest absolute Gasteiger partial charge is 0.234 e. The molecule has 0 saturated heterocycles. The number of benzene rings is 3. The highest BCUT2D eigenvalue weighted by Gasteiger charge is 2.18. The Morgan fingerprint density at radius 2 is 1.66 bits per heavy atom. The second kappa shape index (κ2) is 10.7. The Hall–Kier alpha value is -3.65. The van der Waals surface area contributed by atoms with Crippen LogP contribution in [0.2, 0.25) is 0 Å². The summed E-state index contributed by atoms with van der Waals surface area (Å²) >= 11 is 1.35. The van der Waals surface area contributed by atoms with E-state index < -0.39 is 0 Å². The number of aliphatic imine (C=N–C) groups is 2. The van der Waals surface area contributed by atoms with E-state index in [9.17, 15) is 9.18 Å². The Labute approximate surface area is 208 Å². The van der Waals surface area contributed by atoms with E-state index in [2.05, 4.69) is 5.32 Å². The number of thioether (sulfide) groups is 1. The molecule has 0 unspecified atom stereocenters. The summed E-state index contributed by atoms with van der Waals surface area (Å²) in [4.78, 5) is 22.5. The summed E-state index contributed by atoms with van der Waals surface area (Å²) in [6, 6.07) is 15.5. The average Bonchev–Trinajstić information content (AvgIpc) is 3.02. The van der Waals surface area contributed by atoms with E-state index in [-0.39, 0.29) is 17.5 Å². The molecule has 0 radical (unpaired) electrons. The molecule has 1 N–H and O–H groups in total. The van der Waals surface area contributed by atoms with Crippen LogP contribution in [-0.2, 0) is 4.79 Å². The fourth-order valence-corrected chi connectivity index (χ4v) is 4.37. The average molecular weight is 492 g/mol. The number of aryl methyl sites for hydroxylation is 2. The number of rotatable bonds is 6. The highest BCUT2D eigenvalue weighted by atomic mass is 32.2. The molecule has 1 heterocycles. The number of ether oxygens (including phenoxy) is 2. The number of fused-ring (bicyclic) bond motifs is 1. The van der Waals surface area contributed by atoms with Crippen LogP contribution in [-0.4, -0.2) is 36.6 Å². The fourth-order valence-electron chi connectivity index (χ4n) is 3.60. The number of carbonyl (C=O) groups excluding carboxylic acids is 1. The summed E-state index contributed by atoms with van der Waals surface area (Å²) in [6.45, 7) is 4.06. The molecule has 0 fully saturated rings. The van der Waals surface area contributed by atoms with Crippen molar-refractivity contribution in [2.75, 3.05) is 25.3 Å². The number of nitrogens with zero attached hydrogens (tertiary/aromatic N) is 2. The monoisotopic (exact) mass is 491 g/mol. The second-order valence-corrected chi connectivity index (χ2v) is 9.12. The molecule has 3 aromatic carbocycles. The Balaban J connectivity index is 1.56. The maximum absolute atomic E-state index is 13.5. The van der Waals surface area contributed by atoms with Gasteiger partial charge in [-0.05, 0) is 66.9 Å². The lowest BCUT2D eigenvalue weighted by molar-refractivity contribution is -0.113. The molecule has 0 atom stereocenters. The number of halogens is 1. The number of amides is 1. The molecule has 1 amide bonds. The number of carbonyl (C=O) groups is 1. The Kier molecular flexibility index (Phi) is 7.51. The normalized spacial score (nSPS) is 12.7. The molecular formula is C27H26FN3O3S. The maximum atomic E-state index is 13.5. The van der Waals surface area contributed by atoms with E-state index in [4.69, 9.17) is 19.5 Å². The molecule has 180 valence electrons. The third-order valence-corrected chi connectivity index (χ3v) is 6.62. The molecule has 0 spiro atoms. The van der Waals surface area contributed by atoms with E-state index in [0.717, 1.165) is 38.8 Å². The number of methoxy groups -OCH3 is 2. The zero-order chi connectivity index (χ0) is 24.9. The van der Waals surface area contributed by atoms with Crippen molar-refractivity contribution in [1.29, 1.82) is 0 Å². The lowest BCUT2D eigenvalue weighted by Gasteiger charge is -2.12. The molecule has 0 aromatic heterocycles. The Bertz CT molecular complexity index is 1320. The van der Waals surface area contributed by atoms with Gasteiger partial charge in [0.05, 0.1) is 47.8 Å². The number of hydrogen-bond acceptors (Lipinski definition) is 6. The molecule has 6 nitrogen and oxygen atoms in total. The third kappa shape index (κ3) is 5.89. The van der Waals surface area contributed by atoms with Crippen molar-refractivity contribution < 1.29 is 18.7 Å². The van der Waals surface area contributed by atoms with Gasteiger partial charge < -0.3 is 14.8 Å². The molecule has 1 aliphatic rings. The summed E-state index contributed by atoms with van der Waals surface area (Å²) in [6.07, 6.45) is 0.433. The number of hydrogen-bond donors (Lipinski definition) is 1. The fraction of sp³-hybridized carbons (Fsp3) is 0.222. The SMILES string of the molecule is COc1ccc(NC(=O)CSC2=Nc3cc(C)c(C)cc3N=C(c3ccc(F)cc3)C2)c(OC)c1. The summed E-state index contributed by atoms with van der Waals surface area (Å²) < 4.78 is 24.1. The first-order chi connectivity index (χ1) is 16.9. The molecule has 8 heteroatoms. The summed E-state index contributed by atoms with van der Waals surface area (Å²) in [5, 5.41) is 3.64. The standard InChI is InChI=1S/C27H26FN3O3S/c1-16-11-23-24(12-17(16)2)31-27(14-22(29-23)18-5-7-19(28)8-6-18)35-15-26(32)30-21-10-9-20(33-3)13-25(21)34-4/h5-13H,14-15H2,1-4H3,(H,30,32). The highest BCUT2D eigenvalue weighted by Crippen LogP contribution is 2.36. The second-order valence-electron chi connectivity index (χ2n) is 8.08. The van der Waals surface area contributed by atoms with Gasteiger partial charge in [0, 0.05) is 12.5 Å². The van der Waals surface area contributed by atoms with Gasteiger partial charge in [-0.3, -0.25) is 9.79 Å². The molecule has 35 heavy (non-hydrogen) atoms. The predicted molar refractivity (Wildman–Crippen MR) is 141 cm³/mol. The maximum Gasteiger partial charge on any atom is 0.234 e. The minimum atomic E-state index is -0.302. The lowest BCUT2D eigenvalue weighted by Crippen LogP contribution is -2.16. The van der Waals surface area contributed by atoms with Crippen LogP contribution in [0.25, 0.3) is 0 Å². The van der Waals surface area contributed by atoms with Gasteiger partial charge in [-0.15, -0.1) is 11.8 Å². The Morgan fingerprint density at radius 1 is 0.971 bits per heavy atom. The minimum absolute atomic E-state index is 0.158. The van der Waals surface area contributed by atoms with Gasteiger partial charge in [0.25, 0.3) is 0 Å². The first-order valence-corrected chi connectivity index (χ1v) is 12.0. The van der Waals surface area contributed by atoms with Gasteiger partial charge in [-0.1, -0.05) is 12.1 Å². The van der Waals surface area contributed by atoms with Gasteiger partial charge in [0.15, 0.2) is 0 Å². The first kappa shape index (κ1) is 24.5. The van der Waals surface area contributed by atoms with Gasteiger partial charge in [-0.2, -0.15) is 0 Å². The number of anilines is 1. The van der Waals surface area contributed by atoms with E-state index >= 15 is 0 Å². The zero-order valence-corrected chi connectivity index (χ0v) is 20.8. The van der Waals surface area contributed by atoms with E-state index in [1.54, 1.807) is 37.4 Å². The van der Waals surface area contributed by atoms with Crippen molar-refractivity contribution in [1.82, 2.24) is 0 Å². The largest absolute Gasteiger partial charge is 0.497 e.